The Kier molecular flexibility index (Phi) is 10.1. The average Bonchev–Trinajstić information content (AvgIpc) is 2.60. The molecule has 2 aromatic rings. The molecule has 5 heteroatoms. The standard InChI is InChI=1S/C14H24N.C7H8O3S/c1-3-4-5-6-7-9-12-15-13-10-8-11-14(15)2;1-6-2-4-7(5-3-6)11(8,9)10/h8,10-11,13H,3-7,9,12H2,1-2H3;2-5H,1H3,(H,8,9,10)/q+1;/p-1. The lowest BCUT2D eigenvalue weighted by Gasteiger charge is -2.05. The fraction of sp³-hybridized carbons (Fsp3) is 0.476. The fourth-order valence-corrected chi connectivity index (χ4v) is 3.05. The van der Waals surface area contributed by atoms with Gasteiger partial charge in [-0.1, -0.05) is 56.4 Å². The van der Waals surface area contributed by atoms with Gasteiger partial charge < -0.3 is 4.55 Å². The van der Waals surface area contributed by atoms with E-state index in [1.807, 2.05) is 6.92 Å². The van der Waals surface area contributed by atoms with Gasteiger partial charge in [-0.2, -0.15) is 0 Å². The number of hydrogen-bond acceptors (Lipinski definition) is 3. The van der Waals surface area contributed by atoms with E-state index >= 15 is 0 Å². The van der Waals surface area contributed by atoms with E-state index in [1.165, 1.54) is 62.9 Å². The molecule has 0 aliphatic rings. The van der Waals surface area contributed by atoms with Gasteiger partial charge in [0, 0.05) is 25.5 Å². The van der Waals surface area contributed by atoms with Crippen LogP contribution in [0.2, 0.25) is 0 Å². The Bertz CT molecular complexity index is 740. The molecule has 0 N–H and O–H groups in total. The van der Waals surface area contributed by atoms with Gasteiger partial charge in [0.1, 0.15) is 16.7 Å². The molecule has 26 heavy (non-hydrogen) atoms. The first-order chi connectivity index (χ1) is 12.3. The van der Waals surface area contributed by atoms with Crippen LogP contribution in [0, 0.1) is 13.8 Å². The Balaban J connectivity index is 0.000000273. The maximum atomic E-state index is 10.4. The fourth-order valence-electron chi connectivity index (χ4n) is 2.58. The summed E-state index contributed by atoms with van der Waals surface area (Å²) in [5.74, 6) is 0. The van der Waals surface area contributed by atoms with Crippen LogP contribution in [-0.2, 0) is 16.7 Å². The van der Waals surface area contributed by atoms with Crippen LogP contribution in [0.3, 0.4) is 0 Å². The van der Waals surface area contributed by atoms with E-state index in [9.17, 15) is 13.0 Å². The molecule has 1 heterocycles. The minimum absolute atomic E-state index is 0.178. The number of aryl methyl sites for hydroxylation is 3. The van der Waals surface area contributed by atoms with Crippen molar-refractivity contribution < 1.29 is 17.5 Å². The molecule has 0 aliphatic heterocycles. The van der Waals surface area contributed by atoms with E-state index in [0.717, 1.165) is 5.56 Å². The highest BCUT2D eigenvalue weighted by atomic mass is 32.2. The van der Waals surface area contributed by atoms with Gasteiger partial charge in [0.15, 0.2) is 11.9 Å². The predicted octanol–water partition coefficient (Wildman–Crippen LogP) is 4.54. The van der Waals surface area contributed by atoms with Crippen molar-refractivity contribution in [2.75, 3.05) is 0 Å². The number of benzene rings is 1. The lowest BCUT2D eigenvalue weighted by Crippen LogP contribution is -2.36. The van der Waals surface area contributed by atoms with E-state index in [4.69, 9.17) is 0 Å². The summed E-state index contributed by atoms with van der Waals surface area (Å²) in [5.41, 5.74) is 2.29. The van der Waals surface area contributed by atoms with Gasteiger partial charge in [-0.15, -0.1) is 0 Å². The Labute approximate surface area is 158 Å². The van der Waals surface area contributed by atoms with E-state index in [2.05, 4.69) is 42.8 Å². The van der Waals surface area contributed by atoms with Gasteiger partial charge in [0.05, 0.1) is 4.90 Å². The molecule has 0 radical (unpaired) electrons. The maximum Gasteiger partial charge on any atom is 0.178 e. The molecule has 2 rings (SSSR count). The third kappa shape index (κ3) is 9.11. The van der Waals surface area contributed by atoms with E-state index in [-0.39, 0.29) is 4.90 Å². The average molecular weight is 378 g/mol. The molecule has 4 nitrogen and oxygen atoms in total. The van der Waals surface area contributed by atoms with Crippen LogP contribution in [0.5, 0.6) is 0 Å². The van der Waals surface area contributed by atoms with Crippen molar-refractivity contribution in [2.24, 2.45) is 0 Å². The molecule has 0 spiro atoms. The van der Waals surface area contributed by atoms with Gasteiger partial charge in [-0.25, -0.2) is 13.0 Å². The summed E-state index contributed by atoms with van der Waals surface area (Å²) >= 11 is 0. The Morgan fingerprint density at radius 3 is 2.08 bits per heavy atom. The van der Waals surface area contributed by atoms with E-state index in [1.54, 1.807) is 12.1 Å². The van der Waals surface area contributed by atoms with Gasteiger partial charge in [-0.3, -0.25) is 0 Å². The van der Waals surface area contributed by atoms with Gasteiger partial charge in [-0.05, 0) is 25.5 Å². The Morgan fingerprint density at radius 1 is 0.885 bits per heavy atom. The number of nitrogens with zero attached hydrogens (tertiary/aromatic N) is 1. The molecule has 0 fully saturated rings. The zero-order valence-electron chi connectivity index (χ0n) is 16.1. The third-order valence-corrected chi connectivity index (χ3v) is 5.08. The summed E-state index contributed by atoms with van der Waals surface area (Å²) in [4.78, 5) is -0.178. The molecule has 0 aliphatic carbocycles. The van der Waals surface area contributed by atoms with Crippen LogP contribution in [0.15, 0.2) is 53.6 Å². The summed E-state index contributed by atoms with van der Waals surface area (Å²) < 4.78 is 33.5. The first-order valence-electron chi connectivity index (χ1n) is 9.32. The molecular formula is C21H31NO3S. The van der Waals surface area contributed by atoms with Crippen molar-refractivity contribution in [3.8, 4) is 0 Å². The molecule has 0 saturated carbocycles. The first kappa shape index (κ1) is 22.3. The van der Waals surface area contributed by atoms with E-state index in [0.29, 0.717) is 0 Å². The first-order valence-corrected chi connectivity index (χ1v) is 10.7. The zero-order chi connectivity index (χ0) is 19.4. The highest BCUT2D eigenvalue weighted by Gasteiger charge is 2.02. The van der Waals surface area contributed by atoms with Crippen LogP contribution in [0.1, 0.15) is 56.7 Å². The van der Waals surface area contributed by atoms with Crippen LogP contribution < -0.4 is 4.57 Å². The van der Waals surface area contributed by atoms with E-state index < -0.39 is 10.1 Å². The molecular weight excluding hydrogens is 346 g/mol. The molecule has 0 atom stereocenters. The molecule has 0 saturated heterocycles. The van der Waals surface area contributed by atoms with Crippen LogP contribution in [0.25, 0.3) is 0 Å². The minimum Gasteiger partial charge on any atom is -0.744 e. The largest absolute Gasteiger partial charge is 0.744 e. The molecule has 0 amide bonds. The Hall–Kier alpha value is -1.72. The maximum absolute atomic E-state index is 10.4. The Morgan fingerprint density at radius 2 is 1.50 bits per heavy atom. The molecule has 0 unspecified atom stereocenters. The normalized spacial score (nSPS) is 10.9. The lowest BCUT2D eigenvalue weighted by atomic mass is 10.1. The lowest BCUT2D eigenvalue weighted by molar-refractivity contribution is -0.703. The summed E-state index contributed by atoms with van der Waals surface area (Å²) in [7, 11) is -4.27. The monoisotopic (exact) mass is 377 g/mol. The van der Waals surface area contributed by atoms with Crippen LogP contribution in [-0.4, -0.2) is 13.0 Å². The predicted molar refractivity (Wildman–Crippen MR) is 104 cm³/mol. The second-order valence-electron chi connectivity index (χ2n) is 6.57. The topological polar surface area (TPSA) is 61.1 Å². The minimum atomic E-state index is -4.27. The second kappa shape index (κ2) is 11.8. The number of pyridine rings is 1. The van der Waals surface area contributed by atoms with Crippen molar-refractivity contribution in [3.05, 3.63) is 59.9 Å². The summed E-state index contributed by atoms with van der Waals surface area (Å²) in [6.45, 7) is 7.44. The quantitative estimate of drug-likeness (QED) is 0.385. The van der Waals surface area contributed by atoms with Crippen LogP contribution in [0.4, 0.5) is 0 Å². The molecule has 0 bridgehead atoms. The van der Waals surface area contributed by atoms with Crippen molar-refractivity contribution in [1.82, 2.24) is 0 Å². The second-order valence-corrected chi connectivity index (χ2v) is 7.95. The zero-order valence-corrected chi connectivity index (χ0v) is 17.0. The summed E-state index contributed by atoms with van der Waals surface area (Å²) in [5, 5.41) is 0. The number of rotatable bonds is 8. The summed E-state index contributed by atoms with van der Waals surface area (Å²) in [6.07, 6.45) is 10.4. The molecule has 1 aromatic carbocycles. The number of aromatic nitrogens is 1. The smallest absolute Gasteiger partial charge is 0.178 e. The number of unbranched alkanes of at least 4 members (excludes halogenated alkanes) is 5. The van der Waals surface area contributed by atoms with Gasteiger partial charge in [0.25, 0.3) is 0 Å². The van der Waals surface area contributed by atoms with Crippen molar-refractivity contribution in [3.63, 3.8) is 0 Å². The molecule has 1 aromatic heterocycles. The molecule has 144 valence electrons. The summed E-state index contributed by atoms with van der Waals surface area (Å²) in [6, 6.07) is 12.2. The number of hydrogen-bond donors (Lipinski definition) is 0. The van der Waals surface area contributed by atoms with Gasteiger partial charge in [0.2, 0.25) is 0 Å². The van der Waals surface area contributed by atoms with Crippen molar-refractivity contribution in [2.45, 2.75) is 70.7 Å². The van der Waals surface area contributed by atoms with Gasteiger partial charge >= 0.3 is 0 Å². The highest BCUT2D eigenvalue weighted by Crippen LogP contribution is 2.08. The van der Waals surface area contributed by atoms with Crippen molar-refractivity contribution in [1.29, 1.82) is 0 Å². The van der Waals surface area contributed by atoms with Crippen molar-refractivity contribution >= 4 is 10.1 Å². The highest BCUT2D eigenvalue weighted by molar-refractivity contribution is 7.85. The SMILES string of the molecule is CCCCCCCC[n+]1ccccc1C.Cc1ccc(S(=O)(=O)[O-])cc1. The van der Waals surface area contributed by atoms with Crippen LogP contribution >= 0.6 is 0 Å². The third-order valence-electron chi connectivity index (χ3n) is 4.23.